The van der Waals surface area contributed by atoms with Crippen molar-refractivity contribution < 1.29 is 19.4 Å². The van der Waals surface area contributed by atoms with Crippen LogP contribution >= 0.6 is 15.9 Å². The molecule has 0 aliphatic carbocycles. The molecule has 0 spiro atoms. The van der Waals surface area contributed by atoms with Crippen LogP contribution < -0.4 is 9.47 Å². The maximum Gasteiger partial charge on any atom is 0.131 e. The molecule has 0 saturated carbocycles. The number of benzene rings is 2. The van der Waals surface area contributed by atoms with Gasteiger partial charge in [0.25, 0.3) is 0 Å². The molecule has 2 aromatic carbocycles. The van der Waals surface area contributed by atoms with Crippen LogP contribution in [0.3, 0.4) is 0 Å². The zero-order valence-corrected chi connectivity index (χ0v) is 18.4. The van der Waals surface area contributed by atoms with Crippen LogP contribution in [0.1, 0.15) is 41.9 Å². The van der Waals surface area contributed by atoms with Crippen LogP contribution in [0.2, 0.25) is 0 Å². The molecule has 0 bridgehead atoms. The fourth-order valence-corrected chi connectivity index (χ4v) is 4.17. The summed E-state index contributed by atoms with van der Waals surface area (Å²) in [6.45, 7) is 2.58. The predicted molar refractivity (Wildman–Crippen MR) is 117 cm³/mol. The van der Waals surface area contributed by atoms with Gasteiger partial charge in [-0.3, -0.25) is 4.90 Å². The van der Waals surface area contributed by atoms with Crippen LogP contribution in [-0.4, -0.2) is 43.3 Å². The third kappa shape index (κ3) is 4.84. The lowest BCUT2D eigenvalue weighted by atomic mass is 9.88. The zero-order chi connectivity index (χ0) is 20.8. The number of allylic oxidation sites excluding steroid dienone is 1. The Hall–Kier alpha value is -2.27. The second-order valence-electron chi connectivity index (χ2n) is 7.17. The second-order valence-corrected chi connectivity index (χ2v) is 8.09. The van der Waals surface area contributed by atoms with Gasteiger partial charge in [0.1, 0.15) is 23.2 Å². The summed E-state index contributed by atoms with van der Waals surface area (Å²) in [6, 6.07) is 9.43. The van der Waals surface area contributed by atoms with Gasteiger partial charge in [-0.1, -0.05) is 34.5 Å². The van der Waals surface area contributed by atoms with E-state index < -0.39 is 5.92 Å². The number of ether oxygens (including phenoxy) is 2. The van der Waals surface area contributed by atoms with Gasteiger partial charge in [-0.2, -0.15) is 0 Å². The van der Waals surface area contributed by atoms with Crippen molar-refractivity contribution in [3.8, 4) is 17.2 Å². The van der Waals surface area contributed by atoms with E-state index in [-0.39, 0.29) is 5.75 Å². The summed E-state index contributed by atoms with van der Waals surface area (Å²) in [6.07, 6.45) is 4.96. The number of piperidine rings is 1. The van der Waals surface area contributed by atoms with Crippen molar-refractivity contribution in [1.82, 2.24) is 4.90 Å². The fraction of sp³-hybridized carbons (Fsp3) is 0.391. The van der Waals surface area contributed by atoms with E-state index in [4.69, 9.17) is 9.47 Å². The lowest BCUT2D eigenvalue weighted by Crippen LogP contribution is -2.29. The largest absolute Gasteiger partial charge is 0.507 e. The van der Waals surface area contributed by atoms with Crippen molar-refractivity contribution in [3.63, 3.8) is 0 Å². The first kappa shape index (κ1) is 21.4. The van der Waals surface area contributed by atoms with Gasteiger partial charge in [-0.05, 0) is 43.6 Å². The summed E-state index contributed by atoms with van der Waals surface area (Å²) in [5.74, 6) is 2.57. The monoisotopic (exact) mass is 459 g/mol. The number of hydrogen-bond donors (Lipinski definition) is 1. The molecule has 5 nitrogen and oxygen atoms in total. The second kappa shape index (κ2) is 9.97. The summed E-state index contributed by atoms with van der Waals surface area (Å²) in [5, 5.41) is 11.3. The summed E-state index contributed by atoms with van der Waals surface area (Å²) in [4.78, 5) is 13.6. The van der Waals surface area contributed by atoms with E-state index in [1.807, 2.05) is 30.2 Å². The van der Waals surface area contributed by atoms with E-state index in [2.05, 4.69) is 20.8 Å². The topological polar surface area (TPSA) is 59.0 Å². The van der Waals surface area contributed by atoms with E-state index in [0.29, 0.717) is 29.2 Å². The first-order valence-corrected chi connectivity index (χ1v) is 10.5. The highest BCUT2D eigenvalue weighted by molar-refractivity contribution is 9.10. The van der Waals surface area contributed by atoms with Crippen LogP contribution in [0.5, 0.6) is 17.2 Å². The van der Waals surface area contributed by atoms with Crippen LogP contribution in [-0.2, 0) is 11.3 Å². The van der Waals surface area contributed by atoms with Crippen molar-refractivity contribution in [2.45, 2.75) is 31.7 Å². The van der Waals surface area contributed by atoms with E-state index >= 15 is 0 Å². The number of methoxy groups -OCH3 is 2. The fourth-order valence-electron chi connectivity index (χ4n) is 3.91. The standard InChI is InChI=1S/C23H26BrNO4/c1-28-20-14-21(29-2)22(18(10-13-26)16-6-8-17(24)9-7-16)23(27)19(20)15-25-11-4-3-5-12-25/h6-10,14,18,27H,3-5,11-12,15H2,1-2H3. The summed E-state index contributed by atoms with van der Waals surface area (Å²) in [7, 11) is 3.14. The average molecular weight is 460 g/mol. The molecular formula is C23H26BrNO4. The van der Waals surface area contributed by atoms with Crippen LogP contribution in [0.15, 0.2) is 40.9 Å². The molecule has 1 aliphatic heterocycles. The molecule has 0 aromatic heterocycles. The van der Waals surface area contributed by atoms with Crippen molar-refractivity contribution in [3.05, 3.63) is 57.6 Å². The van der Waals surface area contributed by atoms with Crippen molar-refractivity contribution >= 4 is 21.9 Å². The molecular weight excluding hydrogens is 434 g/mol. The SMILES string of the molecule is COc1cc(OC)c(C(C=C=O)c2ccc(Br)cc2)c(O)c1CN1CCCCC1. The first-order valence-electron chi connectivity index (χ1n) is 9.74. The number of hydrogen-bond acceptors (Lipinski definition) is 5. The molecule has 1 fully saturated rings. The number of phenols is 1. The van der Waals surface area contributed by atoms with Crippen LogP contribution in [0.25, 0.3) is 0 Å². The molecule has 0 amide bonds. The molecule has 1 unspecified atom stereocenters. The van der Waals surface area contributed by atoms with Gasteiger partial charge in [0.2, 0.25) is 0 Å². The zero-order valence-electron chi connectivity index (χ0n) is 16.8. The van der Waals surface area contributed by atoms with Gasteiger partial charge in [0.05, 0.1) is 19.8 Å². The molecule has 154 valence electrons. The van der Waals surface area contributed by atoms with E-state index in [1.165, 1.54) is 12.5 Å². The highest BCUT2D eigenvalue weighted by Gasteiger charge is 2.27. The number of likely N-dealkylation sites (tertiary alicyclic amines) is 1. The Kier molecular flexibility index (Phi) is 7.37. The molecule has 3 rings (SSSR count). The lowest BCUT2D eigenvalue weighted by molar-refractivity contribution is 0.215. The minimum atomic E-state index is -0.485. The number of aromatic hydroxyl groups is 1. The maximum absolute atomic E-state index is 11.3. The number of carbonyl (C=O) groups excluding carboxylic acids is 1. The molecule has 1 heterocycles. The number of phenolic OH excluding ortho intramolecular Hbond substituents is 1. The number of rotatable bonds is 7. The number of halogens is 1. The first-order chi connectivity index (χ1) is 14.1. The van der Waals surface area contributed by atoms with Crippen molar-refractivity contribution in [1.29, 1.82) is 0 Å². The molecule has 1 N–H and O–H groups in total. The summed E-state index contributed by atoms with van der Waals surface area (Å²) < 4.78 is 12.1. The molecule has 29 heavy (non-hydrogen) atoms. The third-order valence-corrected chi connectivity index (χ3v) is 5.94. The maximum atomic E-state index is 11.3. The molecule has 1 atom stereocenters. The average Bonchev–Trinajstić information content (AvgIpc) is 2.75. The highest BCUT2D eigenvalue weighted by atomic mass is 79.9. The molecule has 2 aromatic rings. The smallest absolute Gasteiger partial charge is 0.131 e. The Morgan fingerprint density at radius 3 is 2.38 bits per heavy atom. The van der Waals surface area contributed by atoms with Gasteiger partial charge < -0.3 is 14.6 Å². The Balaban J connectivity index is 2.12. The minimum Gasteiger partial charge on any atom is -0.507 e. The Bertz CT molecular complexity index is 885. The van der Waals surface area contributed by atoms with Gasteiger partial charge >= 0.3 is 0 Å². The summed E-state index contributed by atoms with van der Waals surface area (Å²) >= 11 is 3.43. The van der Waals surface area contributed by atoms with E-state index in [0.717, 1.165) is 36.0 Å². The van der Waals surface area contributed by atoms with Crippen molar-refractivity contribution in [2.75, 3.05) is 27.3 Å². The highest BCUT2D eigenvalue weighted by Crippen LogP contribution is 2.45. The minimum absolute atomic E-state index is 0.103. The van der Waals surface area contributed by atoms with Crippen molar-refractivity contribution in [2.24, 2.45) is 0 Å². The molecule has 0 radical (unpaired) electrons. The van der Waals surface area contributed by atoms with Gasteiger partial charge in [-0.25, -0.2) is 4.79 Å². The third-order valence-electron chi connectivity index (χ3n) is 5.41. The van der Waals surface area contributed by atoms with Crippen LogP contribution in [0.4, 0.5) is 0 Å². The Labute approximate surface area is 180 Å². The van der Waals surface area contributed by atoms with Gasteiger partial charge in [-0.15, -0.1) is 0 Å². The lowest BCUT2D eigenvalue weighted by Gasteiger charge is -2.29. The number of nitrogens with zero attached hydrogens (tertiary/aromatic N) is 1. The molecule has 1 aliphatic rings. The van der Waals surface area contributed by atoms with E-state index in [1.54, 1.807) is 20.3 Å². The predicted octanol–water partition coefficient (Wildman–Crippen LogP) is 4.68. The van der Waals surface area contributed by atoms with Gasteiger partial charge in [0, 0.05) is 34.6 Å². The normalized spacial score (nSPS) is 15.4. The van der Waals surface area contributed by atoms with Crippen LogP contribution in [0, 0.1) is 0 Å². The summed E-state index contributed by atoms with van der Waals surface area (Å²) in [5.41, 5.74) is 2.12. The quantitative estimate of drug-likeness (QED) is 0.609. The molecule has 1 saturated heterocycles. The van der Waals surface area contributed by atoms with E-state index in [9.17, 15) is 9.90 Å². The Morgan fingerprint density at radius 2 is 1.79 bits per heavy atom. The Morgan fingerprint density at radius 1 is 1.14 bits per heavy atom. The van der Waals surface area contributed by atoms with Gasteiger partial charge in [0.15, 0.2) is 0 Å². The molecule has 6 heteroatoms.